The zero-order valence-electron chi connectivity index (χ0n) is 32.9. The van der Waals surface area contributed by atoms with Gasteiger partial charge in [-0.3, -0.25) is 4.57 Å². The second-order valence-electron chi connectivity index (χ2n) is 10.2. The van der Waals surface area contributed by atoms with E-state index >= 15 is 0 Å². The van der Waals surface area contributed by atoms with Crippen LogP contribution >= 0.6 is 0 Å². The van der Waals surface area contributed by atoms with Gasteiger partial charge in [-0.25, -0.2) is 4.98 Å². The van der Waals surface area contributed by atoms with E-state index in [4.69, 9.17) is 23.7 Å². The van der Waals surface area contributed by atoms with E-state index < -0.39 is 48.3 Å². The number of para-hydroxylation sites is 3. The van der Waals surface area contributed by atoms with E-state index in [1.165, 1.54) is 0 Å². The molecule has 5 nitrogen and oxygen atoms in total. The molecule has 3 aromatic heterocycles. The lowest BCUT2D eigenvalue weighted by atomic mass is 10.1. The van der Waals surface area contributed by atoms with Crippen molar-refractivity contribution in [2.45, 2.75) is 0 Å². The van der Waals surface area contributed by atoms with Crippen molar-refractivity contribution in [3.8, 4) is 34.4 Å². The summed E-state index contributed by atoms with van der Waals surface area (Å²) < 4.78 is 89.4. The first-order valence-electron chi connectivity index (χ1n) is 18.9. The molecule has 0 bridgehead atoms. The molecular formula is C39H25N5. The summed E-state index contributed by atoms with van der Waals surface area (Å²) in [6.45, 7) is 0. The van der Waals surface area contributed by atoms with Crippen molar-refractivity contribution in [1.82, 2.24) is 24.1 Å². The molecule has 3 heterocycles. The highest BCUT2D eigenvalue weighted by atomic mass is 15.2. The second-order valence-corrected chi connectivity index (χ2v) is 10.2. The van der Waals surface area contributed by atoms with E-state index in [1.807, 2.05) is 78.9 Å². The minimum Gasteiger partial charge on any atom is -0.307 e. The normalized spacial score (nSPS) is 14.8. The third-order valence-electron chi connectivity index (χ3n) is 7.76. The number of hydrogen-bond donors (Lipinski definition) is 0. The van der Waals surface area contributed by atoms with Crippen molar-refractivity contribution in [2.75, 3.05) is 0 Å². The summed E-state index contributed by atoms with van der Waals surface area (Å²) in [7, 11) is 0. The highest BCUT2D eigenvalue weighted by molar-refractivity contribution is 6.23. The molecule has 5 heteroatoms. The third kappa shape index (κ3) is 3.69. The molecule has 0 radical (unpaired) electrons. The molecule has 0 fully saturated rings. The maximum atomic E-state index is 9.02. The zero-order valence-corrected chi connectivity index (χ0v) is 22.9. The van der Waals surface area contributed by atoms with Crippen LogP contribution in [0.5, 0.6) is 0 Å². The number of fused-ring (bicyclic) bond motifs is 7. The largest absolute Gasteiger partial charge is 0.307 e. The van der Waals surface area contributed by atoms with E-state index in [9.17, 15) is 0 Å². The zero-order chi connectivity index (χ0) is 37.7. The Bertz CT molecular complexity index is 3010. The van der Waals surface area contributed by atoms with Gasteiger partial charge in [0.05, 0.1) is 35.8 Å². The SMILES string of the molecule is [2H]c1c([2H])c([2H])c(-c2nc(-c3ccccc3)nc(-n3c4ccccc4c4ccc5c6ccccc6n(-c6c([2H])c([2H])c([2H])c([2H])c6[2H])c5c43)n2)c([2H])c1[2H]. The standard InChI is InChI=1S/C39H25N5/c1-4-14-26(15-5-1)37-40-38(27-16-6-2-7-17-27)42-39(41-37)44-34-23-13-11-21-30(34)32-25-24-31-29-20-10-12-22-33(29)43(35(31)36(32)44)28-18-8-3-9-19-28/h1-25H/i1D,3D,4D,5D,8D,9D,14D,15D,18D,19D. The number of nitrogens with zero attached hydrogens (tertiary/aromatic N) is 5. The first kappa shape index (κ1) is 16.5. The van der Waals surface area contributed by atoms with Gasteiger partial charge in [0.1, 0.15) is 0 Å². The van der Waals surface area contributed by atoms with Gasteiger partial charge in [0.2, 0.25) is 5.95 Å². The minimum atomic E-state index is -0.545. The van der Waals surface area contributed by atoms with Crippen LogP contribution in [0.1, 0.15) is 13.7 Å². The van der Waals surface area contributed by atoms with Gasteiger partial charge in [-0.1, -0.05) is 127 Å². The molecule has 0 N–H and O–H groups in total. The Kier molecular flexibility index (Phi) is 3.66. The summed E-state index contributed by atoms with van der Waals surface area (Å²) in [5, 5.41) is 3.06. The van der Waals surface area contributed by atoms with Gasteiger partial charge in [0.25, 0.3) is 0 Å². The lowest BCUT2D eigenvalue weighted by molar-refractivity contribution is 0.953. The molecular weight excluding hydrogens is 538 g/mol. The van der Waals surface area contributed by atoms with Gasteiger partial charge in [0.15, 0.2) is 11.6 Å². The summed E-state index contributed by atoms with van der Waals surface area (Å²) in [6, 6.07) is 23.2. The van der Waals surface area contributed by atoms with Gasteiger partial charge < -0.3 is 4.57 Å². The quantitative estimate of drug-likeness (QED) is 0.211. The van der Waals surface area contributed by atoms with E-state index in [-0.39, 0.29) is 40.9 Å². The van der Waals surface area contributed by atoms with Crippen molar-refractivity contribution < 1.29 is 13.7 Å². The first-order valence-corrected chi connectivity index (χ1v) is 13.9. The van der Waals surface area contributed by atoms with Crippen molar-refractivity contribution in [1.29, 1.82) is 0 Å². The minimum absolute atomic E-state index is 0.0306. The first-order chi connectivity index (χ1) is 26.0. The molecule has 0 saturated heterocycles. The monoisotopic (exact) mass is 573 g/mol. The predicted molar refractivity (Wildman–Crippen MR) is 179 cm³/mol. The fourth-order valence-corrected chi connectivity index (χ4v) is 5.95. The lowest BCUT2D eigenvalue weighted by Crippen LogP contribution is -2.07. The Hall–Kier alpha value is -6.07. The molecule has 0 unspecified atom stereocenters. The topological polar surface area (TPSA) is 48.5 Å². The van der Waals surface area contributed by atoms with Gasteiger partial charge >= 0.3 is 0 Å². The highest BCUT2D eigenvalue weighted by Gasteiger charge is 2.23. The van der Waals surface area contributed by atoms with E-state index in [0.717, 1.165) is 21.5 Å². The third-order valence-corrected chi connectivity index (χ3v) is 7.76. The van der Waals surface area contributed by atoms with Crippen LogP contribution in [-0.4, -0.2) is 24.1 Å². The summed E-state index contributed by atoms with van der Waals surface area (Å²) in [5.74, 6) is 0.119. The Labute approximate surface area is 267 Å². The second kappa shape index (κ2) is 9.75. The number of aromatic nitrogens is 5. The van der Waals surface area contributed by atoms with Crippen molar-refractivity contribution in [3.63, 3.8) is 0 Å². The average molecular weight is 574 g/mol. The van der Waals surface area contributed by atoms with Gasteiger partial charge in [0, 0.05) is 38.4 Å². The average Bonchev–Trinajstić information content (AvgIpc) is 3.71. The maximum absolute atomic E-state index is 9.02. The van der Waals surface area contributed by atoms with Crippen molar-refractivity contribution in [2.24, 2.45) is 0 Å². The molecule has 0 spiro atoms. The highest BCUT2D eigenvalue weighted by Crippen LogP contribution is 2.41. The van der Waals surface area contributed by atoms with E-state index in [0.29, 0.717) is 27.6 Å². The van der Waals surface area contributed by atoms with Crippen LogP contribution in [0.2, 0.25) is 0 Å². The summed E-state index contributed by atoms with van der Waals surface area (Å²) in [5.41, 5.74) is 2.71. The van der Waals surface area contributed by atoms with Gasteiger partial charge in [-0.15, -0.1) is 0 Å². The Balaban J connectivity index is 1.50. The number of hydrogen-bond acceptors (Lipinski definition) is 3. The fraction of sp³-hybridized carbons (Fsp3) is 0. The van der Waals surface area contributed by atoms with Crippen molar-refractivity contribution >= 4 is 43.6 Å². The van der Waals surface area contributed by atoms with Crippen LogP contribution < -0.4 is 0 Å². The molecule has 6 aromatic carbocycles. The molecule has 0 atom stereocenters. The number of benzene rings is 6. The van der Waals surface area contributed by atoms with Crippen LogP contribution in [-0.2, 0) is 0 Å². The van der Waals surface area contributed by atoms with Crippen LogP contribution in [0, 0.1) is 0 Å². The summed E-state index contributed by atoms with van der Waals surface area (Å²) in [6.07, 6.45) is 0. The molecule has 0 aliphatic rings. The van der Waals surface area contributed by atoms with Crippen LogP contribution in [0.25, 0.3) is 78.0 Å². The Morgan fingerprint density at radius 2 is 0.955 bits per heavy atom. The maximum Gasteiger partial charge on any atom is 0.238 e. The van der Waals surface area contributed by atoms with Crippen LogP contribution in [0.3, 0.4) is 0 Å². The molecule has 0 aliphatic carbocycles. The lowest BCUT2D eigenvalue weighted by Gasteiger charge is -2.13. The van der Waals surface area contributed by atoms with Gasteiger partial charge in [-0.05, 0) is 24.2 Å². The molecule has 9 rings (SSSR count). The molecule has 44 heavy (non-hydrogen) atoms. The Morgan fingerprint density at radius 1 is 0.432 bits per heavy atom. The smallest absolute Gasteiger partial charge is 0.238 e. The molecule has 0 saturated carbocycles. The summed E-state index contributed by atoms with van der Waals surface area (Å²) in [4.78, 5) is 14.5. The van der Waals surface area contributed by atoms with Crippen molar-refractivity contribution in [3.05, 3.63) is 151 Å². The van der Waals surface area contributed by atoms with Crippen LogP contribution in [0.15, 0.2) is 151 Å². The van der Waals surface area contributed by atoms with E-state index in [2.05, 4.69) is 4.98 Å². The fourth-order valence-electron chi connectivity index (χ4n) is 5.95. The number of rotatable bonds is 4. The van der Waals surface area contributed by atoms with Gasteiger partial charge in [-0.2, -0.15) is 9.97 Å². The molecule has 206 valence electrons. The van der Waals surface area contributed by atoms with Crippen LogP contribution in [0.4, 0.5) is 0 Å². The molecule has 9 aromatic rings. The predicted octanol–water partition coefficient (Wildman–Crippen LogP) is 9.40. The Morgan fingerprint density at radius 3 is 1.61 bits per heavy atom. The van der Waals surface area contributed by atoms with E-state index in [1.54, 1.807) is 21.3 Å². The summed E-state index contributed by atoms with van der Waals surface area (Å²) >= 11 is 0. The molecule has 0 aliphatic heterocycles. The molecule has 0 amide bonds.